The maximum Gasteiger partial charge on any atom is 0.276 e. The van der Waals surface area contributed by atoms with Crippen LogP contribution in [0.15, 0.2) is 24.3 Å². The number of rotatable bonds is 3. The molecule has 1 aliphatic heterocycles. The van der Waals surface area contributed by atoms with Gasteiger partial charge >= 0.3 is 0 Å². The standard InChI is InChI=1S/C14H23N3O2S/c1-12-5-3-6-14(11-12)13(2)16-7-4-8-17(10-9-16)20(15,18)19/h3,5-6,11,13H,4,7-10H2,1-2H3,(H2,15,18,19)/t13-/m0/s1. The molecule has 2 N–H and O–H groups in total. The molecule has 1 aromatic carbocycles. The number of nitrogens with two attached hydrogens (primary N) is 1. The number of aryl methyl sites for hydroxylation is 1. The van der Waals surface area contributed by atoms with Gasteiger partial charge in [0, 0.05) is 32.2 Å². The summed E-state index contributed by atoms with van der Waals surface area (Å²) in [5, 5.41) is 5.21. The fourth-order valence-corrected chi connectivity index (χ4v) is 3.42. The molecule has 0 amide bonds. The lowest BCUT2D eigenvalue weighted by Gasteiger charge is -2.28. The Morgan fingerprint density at radius 2 is 1.95 bits per heavy atom. The summed E-state index contributed by atoms with van der Waals surface area (Å²) in [6.45, 7) is 6.83. The molecule has 0 aliphatic carbocycles. The molecule has 1 atom stereocenters. The Balaban J connectivity index is 2.07. The van der Waals surface area contributed by atoms with Gasteiger partial charge in [0.1, 0.15) is 0 Å². The van der Waals surface area contributed by atoms with Crippen LogP contribution in [-0.4, -0.2) is 43.8 Å². The van der Waals surface area contributed by atoms with Crippen molar-refractivity contribution in [3.63, 3.8) is 0 Å². The number of hydrogen-bond acceptors (Lipinski definition) is 3. The van der Waals surface area contributed by atoms with Gasteiger partial charge in [-0.05, 0) is 25.8 Å². The molecule has 0 unspecified atom stereocenters. The second kappa shape index (κ2) is 6.22. The van der Waals surface area contributed by atoms with Gasteiger partial charge in [0.2, 0.25) is 0 Å². The lowest BCUT2D eigenvalue weighted by atomic mass is 10.0. The summed E-state index contributed by atoms with van der Waals surface area (Å²) in [6.07, 6.45) is 0.812. The minimum absolute atomic E-state index is 0.287. The summed E-state index contributed by atoms with van der Waals surface area (Å²) >= 11 is 0. The zero-order chi connectivity index (χ0) is 14.8. The molecule has 0 spiro atoms. The van der Waals surface area contributed by atoms with E-state index in [2.05, 4.69) is 43.0 Å². The lowest BCUT2D eigenvalue weighted by molar-refractivity contribution is 0.221. The van der Waals surface area contributed by atoms with Crippen LogP contribution in [0.1, 0.15) is 30.5 Å². The Morgan fingerprint density at radius 3 is 2.60 bits per heavy atom. The van der Waals surface area contributed by atoms with Crippen LogP contribution in [0.4, 0.5) is 0 Å². The second-order valence-electron chi connectivity index (χ2n) is 5.42. The van der Waals surface area contributed by atoms with E-state index >= 15 is 0 Å². The maximum atomic E-state index is 11.4. The van der Waals surface area contributed by atoms with Crippen molar-refractivity contribution >= 4 is 10.2 Å². The van der Waals surface area contributed by atoms with Gasteiger partial charge in [-0.3, -0.25) is 4.90 Å². The highest BCUT2D eigenvalue weighted by Crippen LogP contribution is 2.22. The Bertz CT molecular complexity index is 559. The van der Waals surface area contributed by atoms with Crippen molar-refractivity contribution in [2.45, 2.75) is 26.3 Å². The highest BCUT2D eigenvalue weighted by Gasteiger charge is 2.24. The molecule has 1 aliphatic rings. The predicted octanol–water partition coefficient (Wildman–Crippen LogP) is 1.27. The van der Waals surface area contributed by atoms with Crippen LogP contribution < -0.4 is 5.14 Å². The van der Waals surface area contributed by atoms with E-state index in [4.69, 9.17) is 5.14 Å². The molecular formula is C14H23N3O2S. The van der Waals surface area contributed by atoms with Crippen LogP contribution in [0.2, 0.25) is 0 Å². The fraction of sp³-hybridized carbons (Fsp3) is 0.571. The molecule has 112 valence electrons. The first-order chi connectivity index (χ1) is 9.38. The molecule has 5 nitrogen and oxygen atoms in total. The highest BCUT2D eigenvalue weighted by atomic mass is 32.2. The van der Waals surface area contributed by atoms with Crippen LogP contribution in [0.5, 0.6) is 0 Å². The van der Waals surface area contributed by atoms with E-state index in [1.54, 1.807) is 0 Å². The van der Waals surface area contributed by atoms with Crippen molar-refractivity contribution in [1.29, 1.82) is 0 Å². The van der Waals surface area contributed by atoms with Crippen LogP contribution >= 0.6 is 0 Å². The van der Waals surface area contributed by atoms with Gasteiger partial charge in [-0.1, -0.05) is 29.8 Å². The van der Waals surface area contributed by atoms with Crippen LogP contribution in [0.3, 0.4) is 0 Å². The first kappa shape index (κ1) is 15.4. The molecule has 6 heteroatoms. The Labute approximate surface area is 121 Å². The maximum absolute atomic E-state index is 11.4. The SMILES string of the molecule is Cc1cccc([C@H](C)N2CCCN(S(N)(=O)=O)CC2)c1. The fourth-order valence-electron chi connectivity index (χ4n) is 2.70. The molecule has 0 bridgehead atoms. The van der Waals surface area contributed by atoms with Gasteiger partial charge in [-0.2, -0.15) is 12.7 Å². The molecule has 1 fully saturated rings. The van der Waals surface area contributed by atoms with Crippen molar-refractivity contribution in [3.8, 4) is 0 Å². The average molecular weight is 297 g/mol. The van der Waals surface area contributed by atoms with E-state index < -0.39 is 10.2 Å². The van der Waals surface area contributed by atoms with Gasteiger partial charge in [0.05, 0.1) is 0 Å². The van der Waals surface area contributed by atoms with E-state index in [0.29, 0.717) is 19.6 Å². The van der Waals surface area contributed by atoms with Crippen molar-refractivity contribution in [1.82, 2.24) is 9.21 Å². The van der Waals surface area contributed by atoms with Crippen molar-refractivity contribution in [2.75, 3.05) is 26.2 Å². The van der Waals surface area contributed by atoms with Crippen LogP contribution in [0, 0.1) is 6.92 Å². The third-order valence-electron chi connectivity index (χ3n) is 3.92. The van der Waals surface area contributed by atoms with Crippen LogP contribution in [0.25, 0.3) is 0 Å². The molecule has 1 heterocycles. The molecule has 1 aromatic rings. The van der Waals surface area contributed by atoms with E-state index in [0.717, 1.165) is 13.0 Å². The lowest BCUT2D eigenvalue weighted by Crippen LogP contribution is -2.39. The van der Waals surface area contributed by atoms with Gasteiger partial charge < -0.3 is 0 Å². The Kier molecular flexibility index (Phi) is 4.80. The predicted molar refractivity (Wildman–Crippen MR) is 80.5 cm³/mol. The van der Waals surface area contributed by atoms with Gasteiger partial charge in [0.15, 0.2) is 0 Å². The third kappa shape index (κ3) is 3.79. The number of benzene rings is 1. The molecular weight excluding hydrogens is 274 g/mol. The summed E-state index contributed by atoms with van der Waals surface area (Å²) in [4.78, 5) is 2.32. The number of nitrogens with zero attached hydrogens (tertiary/aromatic N) is 2. The minimum Gasteiger partial charge on any atom is -0.295 e. The van der Waals surface area contributed by atoms with Gasteiger partial charge in [-0.15, -0.1) is 0 Å². The van der Waals surface area contributed by atoms with Gasteiger partial charge in [-0.25, -0.2) is 5.14 Å². The summed E-state index contributed by atoms with van der Waals surface area (Å²) < 4.78 is 24.2. The summed E-state index contributed by atoms with van der Waals surface area (Å²) in [7, 11) is -3.56. The normalized spacial score (nSPS) is 20.6. The van der Waals surface area contributed by atoms with E-state index in [9.17, 15) is 8.42 Å². The van der Waals surface area contributed by atoms with E-state index in [1.165, 1.54) is 15.4 Å². The average Bonchev–Trinajstić information content (AvgIpc) is 2.63. The molecule has 0 radical (unpaired) electrons. The number of hydrogen-bond donors (Lipinski definition) is 1. The van der Waals surface area contributed by atoms with Crippen molar-refractivity contribution < 1.29 is 8.42 Å². The minimum atomic E-state index is -3.56. The molecule has 2 rings (SSSR count). The smallest absolute Gasteiger partial charge is 0.276 e. The zero-order valence-electron chi connectivity index (χ0n) is 12.1. The van der Waals surface area contributed by atoms with E-state index in [1.807, 2.05) is 0 Å². The van der Waals surface area contributed by atoms with Crippen molar-refractivity contribution in [3.05, 3.63) is 35.4 Å². The Hall–Kier alpha value is -0.950. The molecule has 20 heavy (non-hydrogen) atoms. The third-order valence-corrected chi connectivity index (χ3v) is 5.01. The first-order valence-corrected chi connectivity index (χ1v) is 8.47. The summed E-state index contributed by atoms with van der Waals surface area (Å²) in [5.41, 5.74) is 2.52. The quantitative estimate of drug-likeness (QED) is 0.913. The zero-order valence-corrected chi connectivity index (χ0v) is 12.9. The summed E-state index contributed by atoms with van der Waals surface area (Å²) in [6, 6.07) is 8.75. The Morgan fingerprint density at radius 1 is 1.20 bits per heavy atom. The monoisotopic (exact) mass is 297 g/mol. The largest absolute Gasteiger partial charge is 0.295 e. The van der Waals surface area contributed by atoms with E-state index in [-0.39, 0.29) is 6.04 Å². The van der Waals surface area contributed by atoms with Gasteiger partial charge in [0.25, 0.3) is 10.2 Å². The molecule has 1 saturated heterocycles. The first-order valence-electron chi connectivity index (χ1n) is 6.96. The molecule has 0 aromatic heterocycles. The highest BCUT2D eigenvalue weighted by molar-refractivity contribution is 7.86. The topological polar surface area (TPSA) is 66.6 Å². The second-order valence-corrected chi connectivity index (χ2v) is 6.97. The van der Waals surface area contributed by atoms with Crippen molar-refractivity contribution in [2.24, 2.45) is 5.14 Å². The van der Waals surface area contributed by atoms with Crippen LogP contribution in [-0.2, 0) is 10.2 Å². The molecule has 0 saturated carbocycles. The summed E-state index contributed by atoms with van der Waals surface area (Å²) in [5.74, 6) is 0.